The van der Waals surface area contributed by atoms with Crippen LogP contribution in [-0.2, 0) is 13.0 Å². The van der Waals surface area contributed by atoms with Crippen molar-refractivity contribution in [3.63, 3.8) is 0 Å². The van der Waals surface area contributed by atoms with Crippen LogP contribution in [-0.4, -0.2) is 32.7 Å². The van der Waals surface area contributed by atoms with E-state index in [1.54, 1.807) is 4.90 Å². The van der Waals surface area contributed by atoms with Crippen LogP contribution in [0.2, 0.25) is 0 Å². The number of benzene rings is 2. The van der Waals surface area contributed by atoms with E-state index in [2.05, 4.69) is 15.2 Å². The van der Waals surface area contributed by atoms with E-state index in [0.29, 0.717) is 13.1 Å². The molecule has 5 rings (SSSR count). The van der Waals surface area contributed by atoms with Crippen molar-refractivity contribution in [3.8, 4) is 0 Å². The predicted molar refractivity (Wildman–Crippen MR) is 108 cm³/mol. The molecule has 0 bridgehead atoms. The van der Waals surface area contributed by atoms with E-state index in [-0.39, 0.29) is 6.03 Å². The first kappa shape index (κ1) is 16.5. The van der Waals surface area contributed by atoms with Gasteiger partial charge in [0.15, 0.2) is 5.65 Å². The number of para-hydroxylation sites is 2. The number of aromatic amines is 1. The van der Waals surface area contributed by atoms with E-state index in [9.17, 15) is 4.79 Å². The summed E-state index contributed by atoms with van der Waals surface area (Å²) in [7, 11) is 0. The zero-order valence-corrected chi connectivity index (χ0v) is 15.2. The number of urea groups is 1. The summed E-state index contributed by atoms with van der Waals surface area (Å²) in [5.74, 6) is 0. The Morgan fingerprint density at radius 2 is 1.64 bits per heavy atom. The third-order valence-corrected chi connectivity index (χ3v) is 5.16. The van der Waals surface area contributed by atoms with Gasteiger partial charge in [-0.05, 0) is 41.8 Å². The van der Waals surface area contributed by atoms with E-state index < -0.39 is 0 Å². The van der Waals surface area contributed by atoms with E-state index in [1.165, 1.54) is 5.56 Å². The maximum atomic E-state index is 13.5. The number of hydrogen-bond donors (Lipinski definition) is 1. The Balaban J connectivity index is 1.50. The number of carbonyl (C=O) groups is 1. The van der Waals surface area contributed by atoms with Gasteiger partial charge in [0.25, 0.3) is 0 Å². The van der Waals surface area contributed by atoms with Gasteiger partial charge in [-0.1, -0.05) is 36.4 Å². The molecule has 2 aromatic carbocycles. The van der Waals surface area contributed by atoms with Gasteiger partial charge >= 0.3 is 6.03 Å². The van der Waals surface area contributed by atoms with Gasteiger partial charge in [-0.2, -0.15) is 5.10 Å². The third kappa shape index (κ3) is 2.79. The lowest BCUT2D eigenvalue weighted by Crippen LogP contribution is -2.43. The molecule has 0 radical (unpaired) electrons. The minimum atomic E-state index is -0.0321. The second-order valence-electron chi connectivity index (χ2n) is 6.85. The molecular weight excluding hydrogens is 350 g/mol. The molecule has 1 aliphatic rings. The number of carbonyl (C=O) groups excluding carboxylic acids is 1. The Bertz CT molecular complexity index is 1080. The summed E-state index contributed by atoms with van der Waals surface area (Å²) in [4.78, 5) is 21.6. The molecule has 0 unspecified atom stereocenters. The average molecular weight is 369 g/mol. The molecule has 0 saturated carbocycles. The van der Waals surface area contributed by atoms with Crippen molar-refractivity contribution in [1.82, 2.24) is 20.1 Å². The number of anilines is 2. The van der Waals surface area contributed by atoms with Crippen LogP contribution in [0.3, 0.4) is 0 Å². The minimum absolute atomic E-state index is 0.0321. The molecule has 4 aromatic rings. The predicted octanol–water partition coefficient (Wildman–Crippen LogP) is 4.27. The first-order chi connectivity index (χ1) is 13.8. The SMILES string of the molecule is O=C(N1CCc2c(cnc3[nH]ncc23)C1)N(c1ccccc1)c1ccccc1. The smallest absolute Gasteiger partial charge is 0.319 e. The zero-order valence-electron chi connectivity index (χ0n) is 15.2. The minimum Gasteiger partial charge on any atom is -0.319 e. The Kier molecular flexibility index (Phi) is 4.01. The lowest BCUT2D eigenvalue weighted by Gasteiger charge is -2.34. The number of pyridine rings is 1. The van der Waals surface area contributed by atoms with Crippen LogP contribution >= 0.6 is 0 Å². The van der Waals surface area contributed by atoms with Gasteiger partial charge in [0.05, 0.1) is 17.6 Å². The summed E-state index contributed by atoms with van der Waals surface area (Å²) in [5, 5.41) is 8.06. The molecule has 2 amide bonds. The van der Waals surface area contributed by atoms with Crippen molar-refractivity contribution >= 4 is 28.4 Å². The fraction of sp³-hybridized carbons (Fsp3) is 0.136. The average Bonchev–Trinajstić information content (AvgIpc) is 3.24. The van der Waals surface area contributed by atoms with Gasteiger partial charge in [0.2, 0.25) is 0 Å². The highest BCUT2D eigenvalue weighted by molar-refractivity contribution is 5.99. The first-order valence-electron chi connectivity index (χ1n) is 9.30. The largest absolute Gasteiger partial charge is 0.329 e. The molecule has 3 heterocycles. The molecule has 0 atom stereocenters. The highest BCUT2D eigenvalue weighted by Crippen LogP contribution is 2.30. The molecule has 2 aromatic heterocycles. The van der Waals surface area contributed by atoms with Crippen molar-refractivity contribution < 1.29 is 4.79 Å². The summed E-state index contributed by atoms with van der Waals surface area (Å²) >= 11 is 0. The van der Waals surface area contributed by atoms with Crippen molar-refractivity contribution in [3.05, 3.63) is 84.2 Å². The van der Waals surface area contributed by atoms with Gasteiger partial charge in [-0.15, -0.1) is 0 Å². The van der Waals surface area contributed by atoms with Crippen molar-refractivity contribution in [2.24, 2.45) is 0 Å². The van der Waals surface area contributed by atoms with E-state index >= 15 is 0 Å². The van der Waals surface area contributed by atoms with Gasteiger partial charge in [-0.25, -0.2) is 9.78 Å². The van der Waals surface area contributed by atoms with E-state index in [4.69, 9.17) is 0 Å². The lowest BCUT2D eigenvalue weighted by atomic mass is 9.99. The quantitative estimate of drug-likeness (QED) is 0.574. The summed E-state index contributed by atoms with van der Waals surface area (Å²) in [6.07, 6.45) is 4.46. The van der Waals surface area contributed by atoms with Gasteiger partial charge in [0, 0.05) is 24.7 Å². The van der Waals surface area contributed by atoms with Gasteiger partial charge < -0.3 is 4.90 Å². The van der Waals surface area contributed by atoms with Crippen molar-refractivity contribution in [1.29, 1.82) is 0 Å². The number of fused-ring (bicyclic) bond motifs is 3. The highest BCUT2D eigenvalue weighted by Gasteiger charge is 2.28. The number of amides is 2. The van der Waals surface area contributed by atoms with Gasteiger partial charge in [0.1, 0.15) is 0 Å². The number of H-pyrrole nitrogens is 1. The van der Waals surface area contributed by atoms with E-state index in [1.807, 2.05) is 78.0 Å². The number of nitrogens with zero attached hydrogens (tertiary/aromatic N) is 4. The molecule has 0 aliphatic carbocycles. The molecule has 6 heteroatoms. The van der Waals surface area contributed by atoms with Crippen LogP contribution < -0.4 is 4.90 Å². The van der Waals surface area contributed by atoms with Crippen LogP contribution in [0.1, 0.15) is 11.1 Å². The van der Waals surface area contributed by atoms with Gasteiger partial charge in [-0.3, -0.25) is 10.00 Å². The molecule has 28 heavy (non-hydrogen) atoms. The Morgan fingerprint density at radius 3 is 2.32 bits per heavy atom. The number of hydrogen-bond acceptors (Lipinski definition) is 3. The molecule has 138 valence electrons. The van der Waals surface area contributed by atoms with Crippen molar-refractivity contribution in [2.75, 3.05) is 11.4 Å². The molecule has 0 fully saturated rings. The molecule has 0 spiro atoms. The second kappa shape index (κ2) is 6.81. The topological polar surface area (TPSA) is 65.1 Å². The summed E-state index contributed by atoms with van der Waals surface area (Å²) < 4.78 is 0. The standard InChI is InChI=1S/C22H19N5O/c28-22(27(17-7-3-1-4-8-17)18-9-5-2-6-10-18)26-12-11-19-16(15-26)13-23-21-20(19)14-24-25-21/h1-10,13-14H,11-12,15H2,(H,23,24,25). The maximum Gasteiger partial charge on any atom is 0.329 e. The molecular formula is C22H19N5O. The summed E-state index contributed by atoms with van der Waals surface area (Å²) in [6, 6.07) is 19.5. The molecule has 6 nitrogen and oxygen atoms in total. The van der Waals surface area contributed by atoms with Crippen LogP contribution in [0.25, 0.3) is 11.0 Å². The number of nitrogens with one attached hydrogen (secondary N) is 1. The molecule has 0 saturated heterocycles. The van der Waals surface area contributed by atoms with Crippen LogP contribution in [0.5, 0.6) is 0 Å². The number of aromatic nitrogens is 3. The summed E-state index contributed by atoms with van der Waals surface area (Å²) in [6.45, 7) is 1.20. The van der Waals surface area contributed by atoms with Crippen molar-refractivity contribution in [2.45, 2.75) is 13.0 Å². The molecule has 1 aliphatic heterocycles. The second-order valence-corrected chi connectivity index (χ2v) is 6.85. The fourth-order valence-corrected chi connectivity index (χ4v) is 3.78. The summed E-state index contributed by atoms with van der Waals surface area (Å²) in [5.41, 5.74) is 4.82. The zero-order chi connectivity index (χ0) is 18.9. The monoisotopic (exact) mass is 369 g/mol. The third-order valence-electron chi connectivity index (χ3n) is 5.16. The Labute approximate surface area is 162 Å². The van der Waals surface area contributed by atoms with Crippen LogP contribution in [0, 0.1) is 0 Å². The highest BCUT2D eigenvalue weighted by atomic mass is 16.2. The number of rotatable bonds is 2. The van der Waals surface area contributed by atoms with Crippen LogP contribution in [0.4, 0.5) is 16.2 Å². The van der Waals surface area contributed by atoms with E-state index in [0.717, 1.165) is 34.4 Å². The Hall–Kier alpha value is -3.67. The van der Waals surface area contributed by atoms with Crippen LogP contribution in [0.15, 0.2) is 73.1 Å². The normalized spacial score (nSPS) is 13.4. The molecule has 1 N–H and O–H groups in total. The Morgan fingerprint density at radius 1 is 0.964 bits per heavy atom. The maximum absolute atomic E-state index is 13.5. The lowest BCUT2D eigenvalue weighted by molar-refractivity contribution is 0.202. The fourth-order valence-electron chi connectivity index (χ4n) is 3.78. The first-order valence-corrected chi connectivity index (χ1v) is 9.30.